The van der Waals surface area contributed by atoms with Gasteiger partial charge >= 0.3 is 12.1 Å². The summed E-state index contributed by atoms with van der Waals surface area (Å²) in [7, 11) is 0. The number of imidazole rings is 1. The van der Waals surface area contributed by atoms with E-state index in [4.69, 9.17) is 5.11 Å². The largest absolute Gasteiger partial charge is 0.481 e. The lowest BCUT2D eigenvalue weighted by atomic mass is 9.87. The van der Waals surface area contributed by atoms with E-state index in [1.165, 1.54) is 17.0 Å². The van der Waals surface area contributed by atoms with Crippen molar-refractivity contribution in [2.24, 2.45) is 11.8 Å². The molecule has 1 aliphatic heterocycles. The molecule has 0 aliphatic carbocycles. The number of carbonyl (C=O) groups is 2. The molecule has 0 bridgehead atoms. The van der Waals surface area contributed by atoms with Crippen LogP contribution in [0.5, 0.6) is 0 Å². The first-order chi connectivity index (χ1) is 12.2. The number of carboxylic acids is 1. The second-order valence-corrected chi connectivity index (χ2v) is 6.56. The number of nitrogens with zero attached hydrogens (tertiary/aromatic N) is 3. The number of hydrogen-bond acceptors (Lipinski definition) is 3. The van der Waals surface area contributed by atoms with E-state index in [1.807, 2.05) is 0 Å². The standard InChI is InChI=1S/C17H18F3N3O3/c1-10-8-22(7-6-11(10)15(25)26)14(24)9-23-13-5-3-2-4-12(13)21-16(23)17(18,19)20/h2-5,10-11H,6-9H2,1H3,(H,25,26). The fraction of sp³-hybridized carbons (Fsp3) is 0.471. The monoisotopic (exact) mass is 369 g/mol. The molecule has 2 atom stereocenters. The number of fused-ring (bicyclic) bond motifs is 1. The fourth-order valence-corrected chi connectivity index (χ4v) is 3.43. The first kappa shape index (κ1) is 18.2. The van der Waals surface area contributed by atoms with Crippen LogP contribution in [-0.2, 0) is 22.3 Å². The lowest BCUT2D eigenvalue weighted by Gasteiger charge is -2.35. The molecule has 1 N–H and O–H groups in total. The molecule has 1 saturated heterocycles. The molecule has 0 radical (unpaired) electrons. The summed E-state index contributed by atoms with van der Waals surface area (Å²) in [6.07, 6.45) is -4.39. The number of para-hydroxylation sites is 2. The van der Waals surface area contributed by atoms with E-state index in [0.717, 1.165) is 4.57 Å². The summed E-state index contributed by atoms with van der Waals surface area (Å²) in [5, 5.41) is 9.14. The minimum absolute atomic E-state index is 0.172. The van der Waals surface area contributed by atoms with Crippen LogP contribution < -0.4 is 0 Å². The van der Waals surface area contributed by atoms with E-state index >= 15 is 0 Å². The Balaban J connectivity index is 1.85. The highest BCUT2D eigenvalue weighted by molar-refractivity contribution is 5.81. The summed E-state index contributed by atoms with van der Waals surface area (Å²) in [5.41, 5.74) is 0.409. The van der Waals surface area contributed by atoms with Crippen LogP contribution in [0.2, 0.25) is 0 Å². The Morgan fingerprint density at radius 2 is 2.00 bits per heavy atom. The number of carboxylic acid groups (broad SMARTS) is 1. The summed E-state index contributed by atoms with van der Waals surface area (Å²) in [4.78, 5) is 28.8. The van der Waals surface area contributed by atoms with Gasteiger partial charge in [-0.1, -0.05) is 19.1 Å². The van der Waals surface area contributed by atoms with Gasteiger partial charge in [-0.25, -0.2) is 4.98 Å². The smallest absolute Gasteiger partial charge is 0.449 e. The number of alkyl halides is 3. The van der Waals surface area contributed by atoms with Gasteiger partial charge in [-0.3, -0.25) is 9.59 Å². The van der Waals surface area contributed by atoms with Crippen LogP contribution in [0, 0.1) is 11.8 Å². The molecule has 0 saturated carbocycles. The second kappa shape index (κ2) is 6.62. The van der Waals surface area contributed by atoms with Crippen molar-refractivity contribution in [3.05, 3.63) is 30.1 Å². The van der Waals surface area contributed by atoms with Gasteiger partial charge in [0.15, 0.2) is 0 Å². The molecule has 1 aromatic heterocycles. The van der Waals surface area contributed by atoms with E-state index in [1.54, 1.807) is 19.1 Å². The first-order valence-corrected chi connectivity index (χ1v) is 8.21. The third-order valence-electron chi connectivity index (χ3n) is 4.78. The minimum atomic E-state index is -4.68. The van der Waals surface area contributed by atoms with Gasteiger partial charge < -0.3 is 14.6 Å². The van der Waals surface area contributed by atoms with Crippen LogP contribution >= 0.6 is 0 Å². The Kier molecular flexibility index (Phi) is 4.64. The summed E-state index contributed by atoms with van der Waals surface area (Å²) >= 11 is 0. The van der Waals surface area contributed by atoms with E-state index in [9.17, 15) is 22.8 Å². The fourth-order valence-electron chi connectivity index (χ4n) is 3.43. The van der Waals surface area contributed by atoms with Crippen LogP contribution in [-0.4, -0.2) is 44.5 Å². The lowest BCUT2D eigenvalue weighted by Crippen LogP contribution is -2.46. The summed E-state index contributed by atoms with van der Waals surface area (Å²) in [5.74, 6) is -3.30. The maximum absolute atomic E-state index is 13.3. The SMILES string of the molecule is CC1CN(C(=O)Cn2c(C(F)(F)F)nc3ccccc32)CCC1C(=O)O. The molecule has 2 aromatic rings. The highest BCUT2D eigenvalue weighted by Gasteiger charge is 2.39. The molecular formula is C17H18F3N3O3. The molecule has 6 nitrogen and oxygen atoms in total. The molecule has 140 valence electrons. The average molecular weight is 369 g/mol. The van der Waals surface area contributed by atoms with Crippen LogP contribution in [0.3, 0.4) is 0 Å². The zero-order valence-corrected chi connectivity index (χ0v) is 14.0. The normalized spacial score (nSPS) is 21.2. The number of aromatic nitrogens is 2. The van der Waals surface area contributed by atoms with E-state index < -0.39 is 36.3 Å². The molecule has 3 rings (SSSR count). The zero-order chi connectivity index (χ0) is 19.1. The van der Waals surface area contributed by atoms with Crippen molar-refractivity contribution in [2.75, 3.05) is 13.1 Å². The van der Waals surface area contributed by atoms with Gasteiger partial charge in [0.05, 0.1) is 17.0 Å². The van der Waals surface area contributed by atoms with E-state index in [-0.39, 0.29) is 30.0 Å². The molecule has 0 spiro atoms. The molecule has 9 heteroatoms. The molecular weight excluding hydrogens is 351 g/mol. The number of halogens is 3. The van der Waals surface area contributed by atoms with Crippen molar-refractivity contribution in [1.29, 1.82) is 0 Å². The highest BCUT2D eigenvalue weighted by atomic mass is 19.4. The van der Waals surface area contributed by atoms with Crippen molar-refractivity contribution in [3.63, 3.8) is 0 Å². The van der Waals surface area contributed by atoms with Gasteiger partial charge in [0.2, 0.25) is 11.7 Å². The Labute approximate surface area is 147 Å². The van der Waals surface area contributed by atoms with Crippen molar-refractivity contribution < 1.29 is 27.9 Å². The Bertz CT molecular complexity index is 847. The molecule has 1 fully saturated rings. The maximum Gasteiger partial charge on any atom is 0.449 e. The quantitative estimate of drug-likeness (QED) is 0.903. The second-order valence-electron chi connectivity index (χ2n) is 6.56. The van der Waals surface area contributed by atoms with Crippen LogP contribution in [0.25, 0.3) is 11.0 Å². The Morgan fingerprint density at radius 1 is 1.31 bits per heavy atom. The third kappa shape index (κ3) is 3.38. The molecule has 2 heterocycles. The summed E-state index contributed by atoms with van der Waals surface area (Å²) in [6.45, 7) is 1.67. The minimum Gasteiger partial charge on any atom is -0.481 e. The highest BCUT2D eigenvalue weighted by Crippen LogP contribution is 2.32. The van der Waals surface area contributed by atoms with Gasteiger partial charge in [-0.05, 0) is 24.5 Å². The van der Waals surface area contributed by atoms with Crippen molar-refractivity contribution >= 4 is 22.9 Å². The summed E-state index contributed by atoms with van der Waals surface area (Å²) in [6, 6.07) is 6.13. The van der Waals surface area contributed by atoms with Gasteiger partial charge in [0.1, 0.15) is 6.54 Å². The predicted octanol–water partition coefficient (Wildman–Crippen LogP) is 2.62. The Hall–Kier alpha value is -2.58. The van der Waals surface area contributed by atoms with E-state index in [0.29, 0.717) is 6.42 Å². The topological polar surface area (TPSA) is 75.4 Å². The van der Waals surface area contributed by atoms with Gasteiger partial charge in [-0.2, -0.15) is 13.2 Å². The number of benzene rings is 1. The molecule has 1 aliphatic rings. The number of hydrogen-bond donors (Lipinski definition) is 1. The summed E-state index contributed by atoms with van der Waals surface area (Å²) < 4.78 is 40.8. The third-order valence-corrected chi connectivity index (χ3v) is 4.78. The molecule has 26 heavy (non-hydrogen) atoms. The maximum atomic E-state index is 13.3. The molecule has 2 unspecified atom stereocenters. The van der Waals surface area contributed by atoms with E-state index in [2.05, 4.69) is 4.98 Å². The van der Waals surface area contributed by atoms with Gasteiger partial charge in [0, 0.05) is 13.1 Å². The number of aliphatic carboxylic acids is 1. The van der Waals surface area contributed by atoms with Gasteiger partial charge in [0.25, 0.3) is 0 Å². The van der Waals surface area contributed by atoms with Crippen LogP contribution in [0.4, 0.5) is 13.2 Å². The van der Waals surface area contributed by atoms with Crippen molar-refractivity contribution in [3.8, 4) is 0 Å². The molecule has 1 amide bonds. The van der Waals surface area contributed by atoms with Crippen molar-refractivity contribution in [2.45, 2.75) is 26.1 Å². The van der Waals surface area contributed by atoms with Crippen LogP contribution in [0.15, 0.2) is 24.3 Å². The number of piperidine rings is 1. The van der Waals surface area contributed by atoms with Crippen molar-refractivity contribution in [1.82, 2.24) is 14.5 Å². The lowest BCUT2D eigenvalue weighted by molar-refractivity contribution is -0.151. The number of amides is 1. The zero-order valence-electron chi connectivity index (χ0n) is 14.0. The van der Waals surface area contributed by atoms with Crippen LogP contribution in [0.1, 0.15) is 19.2 Å². The molecule has 1 aromatic carbocycles. The number of rotatable bonds is 3. The number of carbonyl (C=O) groups excluding carboxylic acids is 1. The number of likely N-dealkylation sites (tertiary alicyclic amines) is 1. The van der Waals surface area contributed by atoms with Gasteiger partial charge in [-0.15, -0.1) is 0 Å². The Morgan fingerprint density at radius 3 is 2.62 bits per heavy atom. The average Bonchev–Trinajstić information content (AvgIpc) is 2.93. The first-order valence-electron chi connectivity index (χ1n) is 8.21. The predicted molar refractivity (Wildman–Crippen MR) is 86.2 cm³/mol.